The third-order valence-corrected chi connectivity index (χ3v) is 6.13. The molecule has 0 bridgehead atoms. The van der Waals surface area contributed by atoms with E-state index in [1.54, 1.807) is 12.1 Å². The van der Waals surface area contributed by atoms with Gasteiger partial charge in [0.15, 0.2) is 0 Å². The second-order valence-electron chi connectivity index (χ2n) is 7.02. The molecule has 1 aromatic carbocycles. The lowest BCUT2D eigenvalue weighted by atomic mass is 9.96. The van der Waals surface area contributed by atoms with Crippen LogP contribution in [0.4, 0.5) is 0 Å². The topological polar surface area (TPSA) is 118 Å². The normalized spacial score (nSPS) is 22.9. The predicted molar refractivity (Wildman–Crippen MR) is 97.7 cm³/mol. The summed E-state index contributed by atoms with van der Waals surface area (Å²) >= 11 is 0. The zero-order valence-corrected chi connectivity index (χ0v) is 16.2. The van der Waals surface area contributed by atoms with Crippen LogP contribution in [0.2, 0.25) is 0 Å². The summed E-state index contributed by atoms with van der Waals surface area (Å²) in [5.74, 6) is -1.70. The highest BCUT2D eigenvalue weighted by atomic mass is 32.2. The number of benzene rings is 1. The monoisotopic (exact) mass is 398 g/mol. The van der Waals surface area contributed by atoms with E-state index in [-0.39, 0.29) is 23.5 Å². The summed E-state index contributed by atoms with van der Waals surface area (Å²) in [5.41, 5.74) is 0.908. The van der Waals surface area contributed by atoms with Crippen molar-refractivity contribution >= 4 is 21.9 Å². The number of aliphatic hydroxyl groups excluding tert-OH is 1. The molecule has 0 aromatic heterocycles. The van der Waals surface area contributed by atoms with Crippen LogP contribution in [-0.2, 0) is 23.9 Å². The van der Waals surface area contributed by atoms with Gasteiger partial charge in [-0.15, -0.1) is 0 Å². The minimum atomic E-state index is -4.08. The Morgan fingerprint density at radius 3 is 2.41 bits per heavy atom. The van der Waals surface area contributed by atoms with Gasteiger partial charge >= 0.3 is 5.97 Å². The molecule has 1 saturated carbocycles. The molecule has 2 rings (SSSR count). The van der Waals surface area contributed by atoms with Crippen LogP contribution < -0.4 is 0 Å². The third-order valence-electron chi connectivity index (χ3n) is 4.80. The highest BCUT2D eigenvalue weighted by molar-refractivity contribution is 7.86. The molecule has 2 N–H and O–H groups in total. The van der Waals surface area contributed by atoms with E-state index in [1.165, 1.54) is 12.1 Å². The van der Waals surface area contributed by atoms with Gasteiger partial charge in [-0.1, -0.05) is 37.0 Å². The fourth-order valence-corrected chi connectivity index (χ4v) is 4.42. The van der Waals surface area contributed by atoms with Gasteiger partial charge in [-0.2, -0.15) is 8.42 Å². The molecule has 0 radical (unpaired) electrons. The number of Topliss-reactive ketones (excluding diaryl/α,β-unsaturated/α-hetero) is 1. The summed E-state index contributed by atoms with van der Waals surface area (Å²) in [6.45, 7) is 1.84. The molecule has 0 saturated heterocycles. The molecule has 7 nitrogen and oxygen atoms in total. The van der Waals surface area contributed by atoms with Crippen molar-refractivity contribution in [1.29, 1.82) is 0 Å². The fourth-order valence-electron chi connectivity index (χ4n) is 3.28. The van der Waals surface area contributed by atoms with Gasteiger partial charge in [-0.05, 0) is 31.9 Å². The lowest BCUT2D eigenvalue weighted by Gasteiger charge is -2.21. The van der Waals surface area contributed by atoms with Gasteiger partial charge in [0.05, 0.1) is 11.0 Å². The number of ketones is 1. The molecular formula is C19H26O7S. The number of aliphatic carboxylic acids is 1. The first-order valence-electron chi connectivity index (χ1n) is 9.13. The summed E-state index contributed by atoms with van der Waals surface area (Å²) < 4.78 is 30.2. The van der Waals surface area contributed by atoms with Crippen LogP contribution in [0.5, 0.6) is 0 Å². The molecule has 3 unspecified atom stereocenters. The molecular weight excluding hydrogens is 372 g/mol. The van der Waals surface area contributed by atoms with Crippen molar-refractivity contribution < 1.29 is 32.4 Å². The number of carbonyl (C=O) groups is 2. The van der Waals surface area contributed by atoms with E-state index in [2.05, 4.69) is 0 Å². The van der Waals surface area contributed by atoms with Crippen molar-refractivity contribution in [1.82, 2.24) is 0 Å². The molecule has 0 heterocycles. The van der Waals surface area contributed by atoms with Gasteiger partial charge in [0.2, 0.25) is 0 Å². The average Bonchev–Trinajstić information content (AvgIpc) is 2.84. The number of carboxylic acids is 1. The Bertz CT molecular complexity index is 755. The van der Waals surface area contributed by atoms with E-state index < -0.39 is 34.2 Å². The predicted octanol–water partition coefficient (Wildman–Crippen LogP) is 2.44. The fraction of sp³-hybridized carbons (Fsp3) is 0.579. The first-order chi connectivity index (χ1) is 12.7. The molecule has 1 aliphatic carbocycles. The van der Waals surface area contributed by atoms with Gasteiger partial charge in [0, 0.05) is 18.8 Å². The average molecular weight is 398 g/mol. The van der Waals surface area contributed by atoms with E-state index >= 15 is 0 Å². The first kappa shape index (κ1) is 21.5. The standard InChI is InChI=1S/C19H26O7S/c1-13-8-10-14(11-9-13)27(24,25)26-19-15(16(20)12-17(19)21)6-4-2-3-5-7-18(22)23/h8-11,15,17,19,21H,2-7,12H2,1H3,(H,22,23). The Balaban J connectivity index is 1.95. The number of aliphatic hydroxyl groups is 1. The molecule has 1 aliphatic rings. The van der Waals surface area contributed by atoms with Crippen LogP contribution in [0.1, 0.15) is 50.5 Å². The van der Waals surface area contributed by atoms with Crippen molar-refractivity contribution in [2.24, 2.45) is 5.92 Å². The summed E-state index contributed by atoms with van der Waals surface area (Å²) in [6.07, 6.45) is 0.868. The lowest BCUT2D eigenvalue weighted by molar-refractivity contribution is -0.137. The highest BCUT2D eigenvalue weighted by Crippen LogP contribution is 2.32. The van der Waals surface area contributed by atoms with Gasteiger partial charge in [0.1, 0.15) is 11.9 Å². The second kappa shape index (κ2) is 9.43. The van der Waals surface area contributed by atoms with Crippen molar-refractivity contribution in [2.75, 3.05) is 0 Å². The Morgan fingerprint density at radius 2 is 1.78 bits per heavy atom. The summed E-state index contributed by atoms with van der Waals surface area (Å²) in [5, 5.41) is 18.7. The third kappa shape index (κ3) is 6.12. The van der Waals surface area contributed by atoms with Crippen molar-refractivity contribution in [3.63, 3.8) is 0 Å². The molecule has 0 spiro atoms. The van der Waals surface area contributed by atoms with Gasteiger partial charge in [-0.3, -0.25) is 13.8 Å². The number of hydrogen-bond acceptors (Lipinski definition) is 6. The quantitative estimate of drug-likeness (QED) is 0.459. The highest BCUT2D eigenvalue weighted by Gasteiger charge is 2.44. The van der Waals surface area contributed by atoms with Crippen LogP contribution in [0, 0.1) is 12.8 Å². The number of carbonyl (C=O) groups excluding carboxylic acids is 1. The maximum Gasteiger partial charge on any atom is 0.303 e. The molecule has 1 aromatic rings. The number of carboxylic acid groups (broad SMARTS) is 1. The molecule has 0 amide bonds. The number of hydrogen-bond donors (Lipinski definition) is 2. The Kier molecular flexibility index (Phi) is 7.52. The van der Waals surface area contributed by atoms with Gasteiger partial charge in [0.25, 0.3) is 10.1 Å². The van der Waals surface area contributed by atoms with Crippen molar-refractivity contribution in [2.45, 2.75) is 69.0 Å². The molecule has 3 atom stereocenters. The summed E-state index contributed by atoms with van der Waals surface area (Å²) in [7, 11) is -4.08. The lowest BCUT2D eigenvalue weighted by Crippen LogP contribution is -2.32. The summed E-state index contributed by atoms with van der Waals surface area (Å²) in [4.78, 5) is 22.6. The van der Waals surface area contributed by atoms with Crippen LogP contribution in [0.3, 0.4) is 0 Å². The Morgan fingerprint density at radius 1 is 1.15 bits per heavy atom. The zero-order chi connectivity index (χ0) is 20.0. The molecule has 1 fully saturated rings. The van der Waals surface area contributed by atoms with Crippen LogP contribution in [0.15, 0.2) is 29.2 Å². The van der Waals surface area contributed by atoms with E-state index in [0.29, 0.717) is 19.3 Å². The van der Waals surface area contributed by atoms with E-state index in [0.717, 1.165) is 18.4 Å². The van der Waals surface area contributed by atoms with Crippen LogP contribution in [0.25, 0.3) is 0 Å². The van der Waals surface area contributed by atoms with E-state index in [9.17, 15) is 23.1 Å². The van der Waals surface area contributed by atoms with E-state index in [1.807, 2.05) is 6.92 Å². The van der Waals surface area contributed by atoms with E-state index in [4.69, 9.17) is 9.29 Å². The molecule has 150 valence electrons. The summed E-state index contributed by atoms with van der Waals surface area (Å²) in [6, 6.07) is 6.18. The Hall–Kier alpha value is -1.77. The van der Waals surface area contributed by atoms with Gasteiger partial charge < -0.3 is 10.2 Å². The molecule has 27 heavy (non-hydrogen) atoms. The van der Waals surface area contributed by atoms with Crippen LogP contribution >= 0.6 is 0 Å². The SMILES string of the molecule is Cc1ccc(S(=O)(=O)OC2C(O)CC(=O)C2CCCCCCC(=O)O)cc1. The molecule has 0 aliphatic heterocycles. The Labute approximate surface area is 159 Å². The maximum atomic E-state index is 12.5. The smallest absolute Gasteiger partial charge is 0.303 e. The number of rotatable bonds is 10. The van der Waals surface area contributed by atoms with Crippen LogP contribution in [-0.4, -0.2) is 42.6 Å². The second-order valence-corrected chi connectivity index (χ2v) is 8.59. The number of aryl methyl sites for hydroxylation is 1. The first-order valence-corrected chi connectivity index (χ1v) is 10.5. The van der Waals surface area contributed by atoms with Crippen molar-refractivity contribution in [3.8, 4) is 0 Å². The van der Waals surface area contributed by atoms with Crippen molar-refractivity contribution in [3.05, 3.63) is 29.8 Å². The molecule has 8 heteroatoms. The van der Waals surface area contributed by atoms with Gasteiger partial charge in [-0.25, -0.2) is 0 Å². The minimum absolute atomic E-state index is 0.00734. The largest absolute Gasteiger partial charge is 0.481 e. The number of unbranched alkanes of at least 4 members (excludes halogenated alkanes) is 3. The zero-order valence-electron chi connectivity index (χ0n) is 15.3. The minimum Gasteiger partial charge on any atom is -0.481 e. The maximum absolute atomic E-state index is 12.5.